The second-order valence-electron chi connectivity index (χ2n) is 7.84. The quantitative estimate of drug-likeness (QED) is 0.375. The number of pyridine rings is 1. The number of benzene rings is 1. The number of aromatic amines is 1. The Morgan fingerprint density at radius 1 is 1.10 bits per heavy atom. The molecule has 0 unspecified atom stereocenters. The van der Waals surface area contributed by atoms with Crippen LogP contribution in [0.5, 0.6) is 6.01 Å². The molecule has 0 spiro atoms. The molecule has 0 bridgehead atoms. The zero-order valence-corrected chi connectivity index (χ0v) is 18.6. The summed E-state index contributed by atoms with van der Waals surface area (Å²) in [4.78, 5) is 12.0. The number of rotatable bonds is 10. The molecular weight excluding hydrogens is 422 g/mol. The Morgan fingerprint density at radius 3 is 2.35 bits per heavy atom. The van der Waals surface area contributed by atoms with Gasteiger partial charge in [-0.2, -0.15) is 4.98 Å². The number of nitrogens with one attached hydrogen (secondary N) is 1. The molecular formula is C22H28ClN3O5. The van der Waals surface area contributed by atoms with Gasteiger partial charge in [0.2, 0.25) is 0 Å². The number of aliphatic hydroxyl groups is 3. The van der Waals surface area contributed by atoms with Crippen molar-refractivity contribution in [1.82, 2.24) is 15.0 Å². The fourth-order valence-electron chi connectivity index (χ4n) is 2.99. The molecule has 1 atom stereocenters. The summed E-state index contributed by atoms with van der Waals surface area (Å²) in [6.45, 7) is 5.07. The summed E-state index contributed by atoms with van der Waals surface area (Å²) < 4.78 is 11.3. The topological polar surface area (TPSA) is 121 Å². The Bertz CT molecular complexity index is 997. The molecule has 0 aliphatic carbocycles. The van der Waals surface area contributed by atoms with Gasteiger partial charge in [-0.25, -0.2) is 4.98 Å². The third-order valence-corrected chi connectivity index (χ3v) is 5.22. The van der Waals surface area contributed by atoms with Gasteiger partial charge in [0.15, 0.2) is 5.65 Å². The predicted octanol–water partition coefficient (Wildman–Crippen LogP) is 3.03. The molecule has 0 radical (unpaired) electrons. The molecule has 3 aromatic rings. The fourth-order valence-corrected chi connectivity index (χ4v) is 3.25. The molecule has 0 saturated heterocycles. The summed E-state index contributed by atoms with van der Waals surface area (Å²) in [5, 5.41) is 28.8. The SMILES string of the molecule is CC[C@H](COC(CO)CO)Oc1nc2nc(-c3ccc(C(C)(C)O)cc3)c(Cl)cc2[nH]1. The van der Waals surface area contributed by atoms with Crippen molar-refractivity contribution in [2.75, 3.05) is 19.8 Å². The van der Waals surface area contributed by atoms with Gasteiger partial charge in [0, 0.05) is 5.56 Å². The van der Waals surface area contributed by atoms with E-state index in [2.05, 4.69) is 15.0 Å². The average Bonchev–Trinajstić information content (AvgIpc) is 3.13. The molecule has 0 fully saturated rings. The van der Waals surface area contributed by atoms with Crippen LogP contribution in [-0.2, 0) is 10.3 Å². The van der Waals surface area contributed by atoms with Crippen LogP contribution in [0.1, 0.15) is 32.8 Å². The first kappa shape index (κ1) is 23.4. The maximum atomic E-state index is 10.1. The summed E-state index contributed by atoms with van der Waals surface area (Å²) >= 11 is 6.46. The van der Waals surface area contributed by atoms with E-state index in [4.69, 9.17) is 31.3 Å². The maximum Gasteiger partial charge on any atom is 0.296 e. The summed E-state index contributed by atoms with van der Waals surface area (Å²) in [5.41, 5.74) is 2.35. The molecule has 4 N–H and O–H groups in total. The maximum absolute atomic E-state index is 10.1. The van der Waals surface area contributed by atoms with Crippen molar-refractivity contribution in [2.24, 2.45) is 0 Å². The third-order valence-electron chi connectivity index (χ3n) is 4.93. The zero-order chi connectivity index (χ0) is 22.6. The van der Waals surface area contributed by atoms with Crippen LogP contribution in [0.2, 0.25) is 5.02 Å². The molecule has 3 rings (SSSR count). The van der Waals surface area contributed by atoms with E-state index in [9.17, 15) is 5.11 Å². The molecule has 31 heavy (non-hydrogen) atoms. The molecule has 168 valence electrons. The first-order chi connectivity index (χ1) is 14.7. The van der Waals surface area contributed by atoms with Crippen molar-refractivity contribution in [3.63, 3.8) is 0 Å². The summed E-state index contributed by atoms with van der Waals surface area (Å²) in [6.07, 6.45) is -0.308. The van der Waals surface area contributed by atoms with Crippen LogP contribution in [0, 0.1) is 0 Å². The Kier molecular flexibility index (Phi) is 7.51. The number of halogens is 1. The predicted molar refractivity (Wildman–Crippen MR) is 118 cm³/mol. The molecule has 2 heterocycles. The van der Waals surface area contributed by atoms with E-state index in [0.29, 0.717) is 28.3 Å². The van der Waals surface area contributed by atoms with Gasteiger partial charge in [0.25, 0.3) is 6.01 Å². The van der Waals surface area contributed by atoms with Crippen molar-refractivity contribution >= 4 is 22.8 Å². The van der Waals surface area contributed by atoms with Crippen molar-refractivity contribution in [3.8, 4) is 17.3 Å². The Morgan fingerprint density at radius 2 is 1.77 bits per heavy atom. The van der Waals surface area contributed by atoms with Crippen molar-refractivity contribution in [1.29, 1.82) is 0 Å². The number of ether oxygens (including phenoxy) is 2. The molecule has 2 aromatic heterocycles. The van der Waals surface area contributed by atoms with Crippen molar-refractivity contribution < 1.29 is 24.8 Å². The number of hydrogen-bond acceptors (Lipinski definition) is 7. The molecule has 1 aromatic carbocycles. The lowest BCUT2D eigenvalue weighted by Crippen LogP contribution is -2.30. The van der Waals surface area contributed by atoms with Crippen LogP contribution < -0.4 is 4.74 Å². The molecule has 9 heteroatoms. The average molecular weight is 450 g/mol. The minimum Gasteiger partial charge on any atom is -0.459 e. The monoisotopic (exact) mass is 449 g/mol. The summed E-state index contributed by atoms with van der Waals surface area (Å²) in [6, 6.07) is 9.44. The highest BCUT2D eigenvalue weighted by Crippen LogP contribution is 2.31. The largest absolute Gasteiger partial charge is 0.459 e. The van der Waals surface area contributed by atoms with E-state index in [0.717, 1.165) is 11.1 Å². The molecule has 0 aliphatic heterocycles. The Hall–Kier alpha value is -2.23. The van der Waals surface area contributed by atoms with Crippen molar-refractivity contribution in [3.05, 3.63) is 40.9 Å². The highest BCUT2D eigenvalue weighted by molar-refractivity contribution is 6.33. The van der Waals surface area contributed by atoms with Gasteiger partial charge < -0.3 is 29.8 Å². The lowest BCUT2D eigenvalue weighted by atomic mass is 9.96. The third kappa shape index (κ3) is 5.72. The lowest BCUT2D eigenvalue weighted by molar-refractivity contribution is -0.0495. The van der Waals surface area contributed by atoms with Crippen LogP contribution in [0.3, 0.4) is 0 Å². The molecule has 8 nitrogen and oxygen atoms in total. The van der Waals surface area contributed by atoms with Crippen LogP contribution in [0.15, 0.2) is 30.3 Å². The number of aliphatic hydroxyl groups excluding tert-OH is 2. The van der Waals surface area contributed by atoms with E-state index < -0.39 is 11.7 Å². The first-order valence-electron chi connectivity index (χ1n) is 10.1. The van der Waals surface area contributed by atoms with Gasteiger partial charge in [-0.05, 0) is 31.9 Å². The summed E-state index contributed by atoms with van der Waals surface area (Å²) in [7, 11) is 0. The van der Waals surface area contributed by atoms with Crippen LogP contribution in [-0.4, -0.2) is 62.3 Å². The number of imidazole rings is 1. The zero-order valence-electron chi connectivity index (χ0n) is 17.8. The fraction of sp³-hybridized carbons (Fsp3) is 0.455. The number of aromatic nitrogens is 3. The van der Waals surface area contributed by atoms with Crippen LogP contribution in [0.25, 0.3) is 22.4 Å². The number of fused-ring (bicyclic) bond motifs is 1. The number of H-pyrrole nitrogens is 1. The van der Waals surface area contributed by atoms with E-state index in [-0.39, 0.29) is 31.9 Å². The minimum atomic E-state index is -0.929. The second-order valence-corrected chi connectivity index (χ2v) is 8.24. The van der Waals surface area contributed by atoms with Gasteiger partial charge in [0.1, 0.15) is 12.2 Å². The van der Waals surface area contributed by atoms with Gasteiger partial charge in [0.05, 0.1) is 41.7 Å². The standard InChI is InChI=1S/C22H28ClN3O5/c1-4-15(12-30-16(10-27)11-28)31-21-24-18-9-17(23)19(25-20(18)26-21)13-5-7-14(8-6-13)22(2,3)29/h5-9,15-16,27-29H,4,10-12H2,1-3H3,(H,24,25,26)/t15-/m1/s1. The molecule has 0 saturated carbocycles. The first-order valence-corrected chi connectivity index (χ1v) is 10.5. The number of nitrogens with zero attached hydrogens (tertiary/aromatic N) is 2. The lowest BCUT2D eigenvalue weighted by Gasteiger charge is -2.19. The van der Waals surface area contributed by atoms with E-state index in [1.807, 2.05) is 31.2 Å². The minimum absolute atomic E-state index is 0.201. The summed E-state index contributed by atoms with van der Waals surface area (Å²) in [5.74, 6) is 0. The van der Waals surface area contributed by atoms with Gasteiger partial charge in [-0.1, -0.05) is 42.8 Å². The van der Waals surface area contributed by atoms with Crippen molar-refractivity contribution in [2.45, 2.75) is 45.0 Å². The van der Waals surface area contributed by atoms with E-state index in [1.165, 1.54) is 0 Å². The van der Waals surface area contributed by atoms with Gasteiger partial charge in [-0.15, -0.1) is 0 Å². The molecule has 0 aliphatic rings. The van der Waals surface area contributed by atoms with Crippen LogP contribution in [0.4, 0.5) is 0 Å². The smallest absolute Gasteiger partial charge is 0.296 e. The highest BCUT2D eigenvalue weighted by Gasteiger charge is 2.18. The normalized spacial score (nSPS) is 13.2. The van der Waals surface area contributed by atoms with E-state index >= 15 is 0 Å². The Balaban J connectivity index is 1.80. The second kappa shape index (κ2) is 9.93. The van der Waals surface area contributed by atoms with Crippen LogP contribution >= 0.6 is 11.6 Å². The van der Waals surface area contributed by atoms with E-state index in [1.54, 1.807) is 19.9 Å². The number of hydrogen-bond donors (Lipinski definition) is 4. The Labute approximate surface area is 185 Å². The highest BCUT2D eigenvalue weighted by atomic mass is 35.5. The van der Waals surface area contributed by atoms with Gasteiger partial charge >= 0.3 is 0 Å². The van der Waals surface area contributed by atoms with Gasteiger partial charge in [-0.3, -0.25) is 0 Å². The molecule has 0 amide bonds.